The van der Waals surface area contributed by atoms with Crippen LogP contribution >= 0.6 is 0 Å². The molecule has 2 unspecified atom stereocenters. The van der Waals surface area contributed by atoms with Gasteiger partial charge in [-0.2, -0.15) is 22.3 Å². The van der Waals surface area contributed by atoms with Crippen molar-refractivity contribution in [2.45, 2.75) is 108 Å². The summed E-state index contributed by atoms with van der Waals surface area (Å²) < 4.78 is 0. The minimum Gasteiger partial charge on any atom is -1.00 e. The second-order valence-electron chi connectivity index (χ2n) is 18.9. The summed E-state index contributed by atoms with van der Waals surface area (Å²) in [5, 5.41) is 5.59. The van der Waals surface area contributed by atoms with Gasteiger partial charge in [0.25, 0.3) is 0 Å². The van der Waals surface area contributed by atoms with Crippen molar-refractivity contribution in [2.75, 3.05) is 0 Å². The van der Waals surface area contributed by atoms with Crippen molar-refractivity contribution in [2.24, 2.45) is 11.8 Å². The molecule has 2 nitrogen and oxygen atoms in total. The number of rotatable bonds is 4. The Balaban J connectivity index is 0. The number of halogens is 2. The molecule has 0 aliphatic heterocycles. The third kappa shape index (κ3) is 24.8. The maximum Gasteiger partial charge on any atom is 0.121 e. The first kappa shape index (κ1) is 68.7. The van der Waals surface area contributed by atoms with Crippen molar-refractivity contribution in [3.8, 4) is 0 Å². The molecule has 0 spiro atoms. The normalized spacial score (nSPS) is 14.3. The van der Waals surface area contributed by atoms with E-state index in [-0.39, 0.29) is 87.3 Å². The van der Waals surface area contributed by atoms with Gasteiger partial charge in [0.1, 0.15) is 19.0 Å². The van der Waals surface area contributed by atoms with E-state index in [4.69, 9.17) is 11.5 Å². The number of benzene rings is 6. The maximum atomic E-state index is 7.63. The zero-order valence-electron chi connectivity index (χ0n) is 44.1. The summed E-state index contributed by atoms with van der Waals surface area (Å²) in [6.07, 6.45) is 6.72. The molecule has 6 aromatic rings. The summed E-state index contributed by atoms with van der Waals surface area (Å²) in [6.45, 7) is 30.1. The van der Waals surface area contributed by atoms with Crippen LogP contribution in [0.1, 0.15) is 108 Å². The van der Waals surface area contributed by atoms with Gasteiger partial charge in [-0.1, -0.05) is 297 Å². The SMILES string of the molecule is CC(C)(C)c1ccccc1[NH-].CC(C)(C)c1ccccc1[NH-].CC1=[C-]C(C)C(C)=C1C.CC1=[C-]C(C)C(C)=C1C.[Cl-].[Cl-].[Hf].[Hf].c1ccc([Si]c2ccccc2)cc1.c1ccc([Si]c2ccccc2)cc1. The fourth-order valence-corrected chi connectivity index (χ4v) is 9.12. The average Bonchev–Trinajstić information content (AvgIpc) is 3.65. The largest absolute Gasteiger partial charge is 1.00 e. The van der Waals surface area contributed by atoms with E-state index < -0.39 is 0 Å². The summed E-state index contributed by atoms with van der Waals surface area (Å²) in [4.78, 5) is 0. The van der Waals surface area contributed by atoms with Gasteiger partial charge in [-0.15, -0.1) is 25.2 Å². The van der Waals surface area contributed by atoms with Crippen molar-refractivity contribution in [3.63, 3.8) is 0 Å². The predicted molar refractivity (Wildman–Crippen MR) is 294 cm³/mol. The van der Waals surface area contributed by atoms with E-state index in [0.717, 1.165) is 30.2 Å². The van der Waals surface area contributed by atoms with E-state index in [1.54, 1.807) is 0 Å². The van der Waals surface area contributed by atoms with Crippen LogP contribution in [0.25, 0.3) is 11.5 Å². The minimum atomic E-state index is 0. The quantitative estimate of drug-likeness (QED) is 0.125. The Morgan fingerprint density at radius 3 is 0.729 bits per heavy atom. The topological polar surface area (TPSA) is 47.6 Å². The summed E-state index contributed by atoms with van der Waals surface area (Å²) >= 11 is 0. The van der Waals surface area contributed by atoms with Crippen molar-refractivity contribution < 1.29 is 76.5 Å². The summed E-state index contributed by atoms with van der Waals surface area (Å²) in [5.74, 6) is 1.12. The standard InChI is InChI=1S/2C12H10Si.2C10H14N.2C9H13.2ClH.2Hf/c2*1-3-7-11(8-4-1)13-12-9-5-2-6-10-12;2*1-10(2,3)8-6-4-5-7-9(8)11;2*1-6-5-7(2)9(4)8(6)3;;;;/h2*1-10H;2*4-7,11H,1-3H3;2*6H,1-4H3;2*1H;;/q;;4*-1;;;;/p-2. The molecule has 0 saturated carbocycles. The van der Waals surface area contributed by atoms with E-state index in [2.05, 4.69) is 230 Å². The van der Waals surface area contributed by atoms with Gasteiger partial charge in [0.2, 0.25) is 0 Å². The van der Waals surface area contributed by atoms with Crippen molar-refractivity contribution >= 4 is 51.2 Å². The fraction of sp³-hybridized carbons (Fsp3) is 0.290. The van der Waals surface area contributed by atoms with Crippen molar-refractivity contribution in [1.82, 2.24) is 0 Å². The number of nitrogens with one attached hydrogen (secondary N) is 2. The molecular formula is C62H74Cl2Hf2N2Si2-6. The molecule has 70 heavy (non-hydrogen) atoms. The third-order valence-electron chi connectivity index (χ3n) is 11.6. The smallest absolute Gasteiger partial charge is 0.121 e. The molecule has 2 N–H and O–H groups in total. The first-order chi connectivity index (χ1) is 31.2. The molecule has 0 fully saturated rings. The molecule has 4 radical (unpaired) electrons. The molecule has 0 aromatic heterocycles. The van der Waals surface area contributed by atoms with Crippen LogP contribution in [0.5, 0.6) is 0 Å². The number of hydrogen-bond donors (Lipinski definition) is 0. The van der Waals surface area contributed by atoms with Crippen molar-refractivity contribution in [3.05, 3.63) is 238 Å². The molecule has 8 heteroatoms. The van der Waals surface area contributed by atoms with Gasteiger partial charge in [0, 0.05) is 51.7 Å². The zero-order valence-corrected chi connectivity index (χ0v) is 54.8. The van der Waals surface area contributed by atoms with Gasteiger partial charge >= 0.3 is 0 Å². The first-order valence-corrected chi connectivity index (χ1v) is 25.1. The Morgan fingerprint density at radius 2 is 0.586 bits per heavy atom. The van der Waals surface area contributed by atoms with Gasteiger partial charge < -0.3 is 36.3 Å². The summed E-state index contributed by atoms with van der Waals surface area (Å²) in [5.41, 5.74) is 27.4. The molecule has 2 aliphatic carbocycles. The van der Waals surface area contributed by atoms with Crippen LogP contribution in [0.3, 0.4) is 0 Å². The van der Waals surface area contributed by atoms with Crippen LogP contribution in [-0.4, -0.2) is 19.0 Å². The summed E-state index contributed by atoms with van der Waals surface area (Å²) in [7, 11) is 1.55. The molecule has 0 heterocycles. The Labute approximate surface area is 480 Å². The Bertz CT molecular complexity index is 2240. The van der Waals surface area contributed by atoms with E-state index in [1.807, 2.05) is 48.5 Å². The number of allylic oxidation sites excluding steroid dienone is 8. The molecule has 0 amide bonds. The van der Waals surface area contributed by atoms with Crippen LogP contribution in [0.2, 0.25) is 0 Å². The monoisotopic (exact) mass is 1330 g/mol. The van der Waals surface area contributed by atoms with Gasteiger partial charge in [0.15, 0.2) is 0 Å². The minimum absolute atomic E-state index is 0. The molecule has 2 aliphatic rings. The van der Waals surface area contributed by atoms with Gasteiger partial charge in [-0.3, -0.25) is 12.2 Å². The Hall–Kier alpha value is -3.37. The van der Waals surface area contributed by atoms with Crippen LogP contribution in [-0.2, 0) is 62.5 Å². The maximum absolute atomic E-state index is 7.63. The molecule has 6 aromatic carbocycles. The average molecular weight is 1330 g/mol. The van der Waals surface area contributed by atoms with Gasteiger partial charge in [-0.25, -0.2) is 11.1 Å². The Morgan fingerprint density at radius 1 is 0.371 bits per heavy atom. The van der Waals surface area contributed by atoms with E-state index in [0.29, 0.717) is 23.2 Å². The van der Waals surface area contributed by atoms with E-state index >= 15 is 0 Å². The van der Waals surface area contributed by atoms with E-state index in [9.17, 15) is 0 Å². The molecular weight excluding hydrogens is 1260 g/mol. The second-order valence-corrected chi connectivity index (χ2v) is 21.7. The second kappa shape index (κ2) is 34.9. The van der Waals surface area contributed by atoms with Gasteiger partial charge in [-0.05, 0) is 10.8 Å². The van der Waals surface area contributed by atoms with Crippen LogP contribution in [0.4, 0.5) is 11.4 Å². The number of hydrogen-bond acceptors (Lipinski definition) is 0. The third-order valence-corrected chi connectivity index (χ3v) is 14.1. The fourth-order valence-electron chi connectivity index (χ4n) is 7.02. The van der Waals surface area contributed by atoms with Crippen LogP contribution in [0.15, 0.2) is 203 Å². The first-order valence-electron chi connectivity index (χ1n) is 23.1. The molecule has 368 valence electrons. The molecule has 0 bridgehead atoms. The molecule has 2 atom stereocenters. The summed E-state index contributed by atoms with van der Waals surface area (Å²) in [6, 6.07) is 57.8. The van der Waals surface area contributed by atoms with E-state index in [1.165, 1.54) is 54.2 Å². The Kier molecular flexibility index (Phi) is 34.3. The van der Waals surface area contributed by atoms with Crippen LogP contribution < -0.4 is 45.6 Å². The predicted octanol–water partition coefficient (Wildman–Crippen LogP) is 9.47. The van der Waals surface area contributed by atoms with Crippen LogP contribution in [0, 0.1) is 24.0 Å². The van der Waals surface area contributed by atoms with Gasteiger partial charge in [0.05, 0.1) is 0 Å². The molecule has 0 saturated heterocycles. The zero-order chi connectivity index (χ0) is 48.9. The van der Waals surface area contributed by atoms with Crippen molar-refractivity contribution in [1.29, 1.82) is 0 Å². The molecule has 8 rings (SSSR count).